The minimum atomic E-state index is 0.752. The van der Waals surface area contributed by atoms with Gasteiger partial charge in [-0.3, -0.25) is 0 Å². The largest absolute Gasteiger partial charge is 0.220 e. The van der Waals surface area contributed by atoms with E-state index in [1.54, 1.807) is 25.2 Å². The van der Waals surface area contributed by atoms with Gasteiger partial charge in [-0.1, -0.05) is 11.1 Å². The highest BCUT2D eigenvalue weighted by atomic mass is 32.2. The molecule has 0 unspecified atom stereocenters. The second kappa shape index (κ2) is 7.91. The monoisotopic (exact) mass is 251 g/mol. The maximum absolute atomic E-state index is 7.97. The normalized spacial score (nSPS) is 10.5. The number of hydrogen-bond acceptors (Lipinski definition) is 8. The highest BCUT2D eigenvalue weighted by molar-refractivity contribution is 7.95. The van der Waals surface area contributed by atoms with E-state index in [1.807, 2.05) is 6.07 Å². The molecule has 0 radical (unpaired) electrons. The van der Waals surface area contributed by atoms with Crippen LogP contribution in [0.15, 0.2) is 34.1 Å². The minimum absolute atomic E-state index is 0.752. The molecule has 0 aliphatic carbocycles. The summed E-state index contributed by atoms with van der Waals surface area (Å²) in [5.74, 6) is 0. The van der Waals surface area contributed by atoms with Gasteiger partial charge in [-0.15, -0.1) is 13.7 Å². The van der Waals surface area contributed by atoms with Crippen LogP contribution in [-0.4, -0.2) is 12.3 Å². The first-order chi connectivity index (χ1) is 7.36. The first kappa shape index (κ1) is 12.7. The molecule has 1 rings (SSSR count). The van der Waals surface area contributed by atoms with Crippen molar-refractivity contribution in [3.63, 3.8) is 0 Å². The summed E-state index contributed by atoms with van der Waals surface area (Å²) < 4.78 is 8.98. The molecule has 0 aliphatic rings. The summed E-state index contributed by atoms with van der Waals surface area (Å²) in [6, 6.07) is 7.18. The highest BCUT2D eigenvalue weighted by Crippen LogP contribution is 2.25. The van der Waals surface area contributed by atoms with Crippen LogP contribution in [0.2, 0.25) is 0 Å². The predicted molar refractivity (Wildman–Crippen MR) is 54.2 cm³/mol. The maximum atomic E-state index is 7.97. The van der Waals surface area contributed by atoms with E-state index in [0.717, 1.165) is 33.9 Å². The van der Waals surface area contributed by atoms with Crippen molar-refractivity contribution in [3.8, 4) is 0 Å². The number of hydrogen-bond donors (Lipinski definition) is 2. The summed E-state index contributed by atoms with van der Waals surface area (Å²) in [4.78, 5) is 6.04. The molecule has 0 aromatic heterocycles. The molecule has 0 spiro atoms. The van der Waals surface area contributed by atoms with Crippen LogP contribution in [0.3, 0.4) is 0 Å². The first-order valence-corrected chi connectivity index (χ1v) is 5.27. The zero-order valence-corrected chi connectivity index (χ0v) is 9.34. The fourth-order valence-electron chi connectivity index (χ4n) is 0.723. The van der Waals surface area contributed by atoms with Crippen LogP contribution in [0.25, 0.3) is 0 Å². The molecule has 8 heteroatoms. The second-order valence-electron chi connectivity index (χ2n) is 2.14. The molecule has 0 saturated carbocycles. The van der Waals surface area contributed by atoms with E-state index in [1.165, 1.54) is 0 Å². The van der Waals surface area contributed by atoms with Crippen LogP contribution in [0.4, 0.5) is 0 Å². The van der Waals surface area contributed by atoms with E-state index >= 15 is 0 Å². The average molecular weight is 251 g/mol. The van der Waals surface area contributed by atoms with Crippen molar-refractivity contribution < 1.29 is 24.0 Å². The van der Waals surface area contributed by atoms with Crippen LogP contribution in [-0.2, 0) is 18.7 Å². The van der Waals surface area contributed by atoms with Crippen molar-refractivity contribution in [3.05, 3.63) is 24.3 Å². The van der Waals surface area contributed by atoms with Gasteiger partial charge in [0.2, 0.25) is 0 Å². The molecule has 1 aromatic carbocycles. The zero-order chi connectivity index (χ0) is 10.9. The van der Waals surface area contributed by atoms with E-state index in [4.69, 9.17) is 9.59 Å². The van der Waals surface area contributed by atoms with Crippen LogP contribution in [0, 0.1) is 0 Å². The summed E-state index contributed by atoms with van der Waals surface area (Å²) in [6.45, 7) is 0. The lowest BCUT2D eigenvalue weighted by atomic mass is 10.4. The molecule has 0 saturated heterocycles. The number of hydroxylamine groups is 1. The zero-order valence-electron chi connectivity index (χ0n) is 7.71. The summed E-state index contributed by atoms with van der Waals surface area (Å²) >= 11 is 1.91. The van der Waals surface area contributed by atoms with Gasteiger partial charge in [0.15, 0.2) is 0 Å². The molecule has 0 aliphatic heterocycles. The lowest BCUT2D eigenvalue weighted by molar-refractivity contribution is -0.432. The molecule has 84 valence electrons. The van der Waals surface area contributed by atoms with Crippen LogP contribution in [0.5, 0.6) is 0 Å². The number of benzene rings is 1. The molecule has 0 amide bonds. The summed E-state index contributed by atoms with van der Waals surface area (Å²) in [7, 11) is 1.58. The summed E-state index contributed by atoms with van der Waals surface area (Å²) in [6.07, 6.45) is 0. The Hall–Kier alpha value is -0.320. The molecule has 0 heterocycles. The van der Waals surface area contributed by atoms with Gasteiger partial charge < -0.3 is 0 Å². The quantitative estimate of drug-likeness (QED) is 0.331. The van der Waals surface area contributed by atoms with Gasteiger partial charge in [0, 0.05) is 16.8 Å². The number of rotatable bonds is 7. The molecule has 0 bridgehead atoms. The average Bonchev–Trinajstić information content (AvgIpc) is 2.27. The third-order valence-electron chi connectivity index (χ3n) is 1.21. The van der Waals surface area contributed by atoms with E-state index in [9.17, 15) is 0 Å². The minimum Gasteiger partial charge on any atom is -0.220 e. The molecule has 1 aromatic rings. The third-order valence-corrected chi connectivity index (χ3v) is 2.37. The Morgan fingerprint density at radius 1 is 1.20 bits per heavy atom. The smallest absolute Gasteiger partial charge is 0.0714 e. The van der Waals surface area contributed by atoms with Gasteiger partial charge in [0.05, 0.1) is 24.1 Å². The SMILES string of the molecule is CNOOSc1cccc(SOOO)c1. The van der Waals surface area contributed by atoms with E-state index < -0.39 is 0 Å². The lowest BCUT2D eigenvalue weighted by Gasteiger charge is -2.01. The fourth-order valence-corrected chi connectivity index (χ4v) is 1.71. The number of nitrogens with one attached hydrogen (secondary N) is 1. The Morgan fingerprint density at radius 3 is 2.47 bits per heavy atom. The Bertz CT molecular complexity index is 288. The van der Waals surface area contributed by atoms with Gasteiger partial charge in [-0.2, -0.15) is 5.48 Å². The standard InChI is InChI=1S/C7H9NO5S2/c1-8-10-12-14-6-3-2-4-7(5-6)15-13-11-9/h2-5,8-9H,1H3. The Balaban J connectivity index is 2.42. The van der Waals surface area contributed by atoms with Gasteiger partial charge in [-0.25, -0.2) is 5.26 Å². The molecule has 6 nitrogen and oxygen atoms in total. The van der Waals surface area contributed by atoms with E-state index in [0.29, 0.717) is 0 Å². The summed E-state index contributed by atoms with van der Waals surface area (Å²) in [5.41, 5.74) is 2.36. The third kappa shape index (κ3) is 5.35. The fraction of sp³-hybridized carbons (Fsp3) is 0.143. The van der Waals surface area contributed by atoms with Gasteiger partial charge in [0.25, 0.3) is 0 Å². The molecular weight excluding hydrogens is 242 g/mol. The van der Waals surface area contributed by atoms with E-state index in [-0.39, 0.29) is 0 Å². The Kier molecular flexibility index (Phi) is 6.72. The van der Waals surface area contributed by atoms with Gasteiger partial charge >= 0.3 is 0 Å². The van der Waals surface area contributed by atoms with Crippen LogP contribution < -0.4 is 5.48 Å². The summed E-state index contributed by atoms with van der Waals surface area (Å²) in [5, 5.41) is 11.4. The Morgan fingerprint density at radius 2 is 1.87 bits per heavy atom. The van der Waals surface area contributed by atoms with E-state index in [2.05, 4.69) is 19.8 Å². The molecule has 2 N–H and O–H groups in total. The van der Waals surface area contributed by atoms with Crippen molar-refractivity contribution in [2.75, 3.05) is 7.05 Å². The van der Waals surface area contributed by atoms with Crippen molar-refractivity contribution in [2.24, 2.45) is 0 Å². The van der Waals surface area contributed by atoms with Crippen molar-refractivity contribution in [2.45, 2.75) is 9.79 Å². The van der Waals surface area contributed by atoms with Crippen molar-refractivity contribution >= 4 is 24.1 Å². The molecule has 0 fully saturated rings. The molecule has 15 heavy (non-hydrogen) atoms. The van der Waals surface area contributed by atoms with Crippen LogP contribution >= 0.6 is 24.1 Å². The van der Waals surface area contributed by atoms with Crippen molar-refractivity contribution in [1.29, 1.82) is 0 Å². The second-order valence-corrected chi connectivity index (χ2v) is 3.69. The maximum Gasteiger partial charge on any atom is 0.0714 e. The topological polar surface area (TPSA) is 69.2 Å². The lowest BCUT2D eigenvalue weighted by Crippen LogP contribution is -2.03. The predicted octanol–water partition coefficient (Wildman–Crippen LogP) is 2.20. The Labute approximate surface area is 95.0 Å². The van der Waals surface area contributed by atoms with Crippen molar-refractivity contribution in [1.82, 2.24) is 5.48 Å². The van der Waals surface area contributed by atoms with Crippen LogP contribution in [0.1, 0.15) is 0 Å². The van der Waals surface area contributed by atoms with Gasteiger partial charge in [-0.05, 0) is 18.2 Å². The highest BCUT2D eigenvalue weighted by Gasteiger charge is 2.00. The first-order valence-electron chi connectivity index (χ1n) is 3.78. The molecular formula is C7H9NO5S2. The van der Waals surface area contributed by atoms with Gasteiger partial charge in [0.1, 0.15) is 0 Å². The molecule has 0 atom stereocenters.